The number of rotatable bonds is 3. The number of Topliss-reactive ketones (excluding diaryl/α,β-unsaturated/α-hetero) is 1. The maximum atomic E-state index is 12.1. The molecular formula is C14H15N3O. The van der Waals surface area contributed by atoms with Crippen LogP contribution >= 0.6 is 0 Å². The van der Waals surface area contributed by atoms with Crippen molar-refractivity contribution in [1.29, 1.82) is 0 Å². The standard InChI is InChI=1S/C14H15N3O/c1-9-10(2)17-13(11(3)16-9)7-14(18)12-5-4-6-15-8-12/h4-6,8H,7H2,1-3H3. The normalized spacial score (nSPS) is 10.4. The van der Waals surface area contributed by atoms with E-state index < -0.39 is 0 Å². The second-order valence-electron chi connectivity index (χ2n) is 4.27. The van der Waals surface area contributed by atoms with Crippen molar-refractivity contribution in [3.8, 4) is 0 Å². The molecule has 0 aliphatic rings. The minimum Gasteiger partial charge on any atom is -0.294 e. The number of nitrogens with zero attached hydrogens (tertiary/aromatic N) is 3. The van der Waals surface area contributed by atoms with E-state index in [1.54, 1.807) is 24.5 Å². The highest BCUT2D eigenvalue weighted by atomic mass is 16.1. The van der Waals surface area contributed by atoms with Crippen LogP contribution in [0, 0.1) is 20.8 Å². The van der Waals surface area contributed by atoms with Gasteiger partial charge in [0.15, 0.2) is 5.78 Å². The third-order valence-corrected chi connectivity index (χ3v) is 2.89. The maximum absolute atomic E-state index is 12.1. The van der Waals surface area contributed by atoms with Gasteiger partial charge in [-0.25, -0.2) is 0 Å². The molecule has 0 amide bonds. The number of hydrogen-bond donors (Lipinski definition) is 0. The van der Waals surface area contributed by atoms with Gasteiger partial charge in [0.2, 0.25) is 0 Å². The van der Waals surface area contributed by atoms with Crippen molar-refractivity contribution < 1.29 is 4.79 Å². The Balaban J connectivity index is 2.25. The predicted molar refractivity (Wildman–Crippen MR) is 68.5 cm³/mol. The highest BCUT2D eigenvalue weighted by Crippen LogP contribution is 2.10. The van der Waals surface area contributed by atoms with E-state index in [4.69, 9.17) is 0 Å². The molecule has 0 aromatic carbocycles. The lowest BCUT2D eigenvalue weighted by Gasteiger charge is -2.07. The van der Waals surface area contributed by atoms with Gasteiger partial charge in [-0.15, -0.1) is 0 Å². The Morgan fingerprint density at radius 3 is 2.50 bits per heavy atom. The van der Waals surface area contributed by atoms with Gasteiger partial charge in [-0.05, 0) is 32.9 Å². The van der Waals surface area contributed by atoms with Gasteiger partial charge in [0.25, 0.3) is 0 Å². The van der Waals surface area contributed by atoms with Crippen LogP contribution in [0.5, 0.6) is 0 Å². The molecule has 4 nitrogen and oxygen atoms in total. The van der Waals surface area contributed by atoms with Crippen LogP contribution in [0.3, 0.4) is 0 Å². The summed E-state index contributed by atoms with van der Waals surface area (Å²) >= 11 is 0. The largest absolute Gasteiger partial charge is 0.294 e. The molecule has 2 heterocycles. The van der Waals surface area contributed by atoms with E-state index in [1.165, 1.54) is 0 Å². The number of aryl methyl sites for hydroxylation is 3. The van der Waals surface area contributed by atoms with E-state index in [0.717, 1.165) is 22.8 Å². The molecule has 0 bridgehead atoms. The maximum Gasteiger partial charge on any atom is 0.170 e. The SMILES string of the molecule is Cc1nc(C)c(CC(=O)c2cccnc2)nc1C. The molecule has 0 radical (unpaired) electrons. The number of pyridine rings is 1. The lowest BCUT2D eigenvalue weighted by Crippen LogP contribution is -2.10. The average molecular weight is 241 g/mol. The molecule has 0 saturated heterocycles. The zero-order valence-corrected chi connectivity index (χ0v) is 10.8. The summed E-state index contributed by atoms with van der Waals surface area (Å²) in [7, 11) is 0. The van der Waals surface area contributed by atoms with Crippen molar-refractivity contribution in [2.24, 2.45) is 0 Å². The Morgan fingerprint density at radius 2 is 1.83 bits per heavy atom. The third kappa shape index (κ3) is 2.59. The van der Waals surface area contributed by atoms with Crippen LogP contribution in [-0.4, -0.2) is 20.7 Å². The number of hydrogen-bond acceptors (Lipinski definition) is 4. The molecule has 0 aliphatic carbocycles. The van der Waals surface area contributed by atoms with Crippen LogP contribution in [0.4, 0.5) is 0 Å². The second-order valence-corrected chi connectivity index (χ2v) is 4.27. The van der Waals surface area contributed by atoms with Crippen LogP contribution < -0.4 is 0 Å². The Bertz CT molecular complexity index is 579. The summed E-state index contributed by atoms with van der Waals surface area (Å²) in [6.07, 6.45) is 3.50. The average Bonchev–Trinajstić information content (AvgIpc) is 2.37. The van der Waals surface area contributed by atoms with E-state index in [0.29, 0.717) is 5.56 Å². The minimum atomic E-state index is 0.0174. The molecule has 2 rings (SSSR count). The monoisotopic (exact) mass is 241 g/mol. The van der Waals surface area contributed by atoms with E-state index in [1.807, 2.05) is 20.8 Å². The molecule has 0 N–H and O–H groups in total. The van der Waals surface area contributed by atoms with Crippen LogP contribution in [-0.2, 0) is 6.42 Å². The summed E-state index contributed by atoms with van der Waals surface area (Å²) < 4.78 is 0. The zero-order valence-electron chi connectivity index (χ0n) is 10.8. The Morgan fingerprint density at radius 1 is 1.11 bits per heavy atom. The Kier molecular flexibility index (Phi) is 3.46. The molecule has 92 valence electrons. The fourth-order valence-corrected chi connectivity index (χ4v) is 1.71. The van der Waals surface area contributed by atoms with Crippen LogP contribution in [0.15, 0.2) is 24.5 Å². The Labute approximate surface area is 106 Å². The van der Waals surface area contributed by atoms with Gasteiger partial charge in [-0.2, -0.15) is 0 Å². The van der Waals surface area contributed by atoms with Crippen LogP contribution in [0.25, 0.3) is 0 Å². The van der Waals surface area contributed by atoms with Crippen molar-refractivity contribution in [2.45, 2.75) is 27.2 Å². The van der Waals surface area contributed by atoms with E-state index >= 15 is 0 Å². The molecule has 0 aliphatic heterocycles. The summed E-state index contributed by atoms with van der Waals surface area (Å²) in [5.74, 6) is 0.0174. The first-order valence-corrected chi connectivity index (χ1v) is 5.82. The van der Waals surface area contributed by atoms with Crippen LogP contribution in [0.2, 0.25) is 0 Å². The second kappa shape index (κ2) is 5.04. The first kappa shape index (κ1) is 12.4. The molecular weight excluding hydrogens is 226 g/mol. The van der Waals surface area contributed by atoms with Gasteiger partial charge in [0, 0.05) is 18.0 Å². The summed E-state index contributed by atoms with van der Waals surface area (Å²) in [5, 5.41) is 0. The molecule has 0 saturated carbocycles. The minimum absolute atomic E-state index is 0.0174. The van der Waals surface area contributed by atoms with Crippen molar-refractivity contribution in [1.82, 2.24) is 15.0 Å². The van der Waals surface area contributed by atoms with E-state index in [9.17, 15) is 4.79 Å². The molecule has 2 aromatic heterocycles. The fourth-order valence-electron chi connectivity index (χ4n) is 1.71. The number of aromatic nitrogens is 3. The highest BCUT2D eigenvalue weighted by Gasteiger charge is 2.12. The number of ketones is 1. The molecule has 0 spiro atoms. The highest BCUT2D eigenvalue weighted by molar-refractivity contribution is 5.97. The van der Waals surface area contributed by atoms with E-state index in [-0.39, 0.29) is 12.2 Å². The van der Waals surface area contributed by atoms with Crippen molar-refractivity contribution in [3.63, 3.8) is 0 Å². The summed E-state index contributed by atoms with van der Waals surface area (Å²) in [6.45, 7) is 5.70. The van der Waals surface area contributed by atoms with Gasteiger partial charge in [0.05, 0.1) is 29.2 Å². The number of carbonyl (C=O) groups excluding carboxylic acids is 1. The summed E-state index contributed by atoms with van der Waals surface area (Å²) in [6, 6.07) is 3.52. The van der Waals surface area contributed by atoms with Gasteiger partial charge >= 0.3 is 0 Å². The molecule has 0 atom stereocenters. The Hall–Kier alpha value is -2.10. The first-order chi connectivity index (χ1) is 8.58. The quantitative estimate of drug-likeness (QED) is 0.773. The number of carbonyl (C=O) groups is 1. The van der Waals surface area contributed by atoms with Gasteiger partial charge in [-0.1, -0.05) is 0 Å². The van der Waals surface area contributed by atoms with Crippen molar-refractivity contribution >= 4 is 5.78 Å². The molecule has 4 heteroatoms. The van der Waals surface area contributed by atoms with Crippen molar-refractivity contribution in [3.05, 3.63) is 52.9 Å². The summed E-state index contributed by atoms with van der Waals surface area (Å²) in [5.41, 5.74) is 3.94. The third-order valence-electron chi connectivity index (χ3n) is 2.89. The smallest absolute Gasteiger partial charge is 0.170 e. The topological polar surface area (TPSA) is 55.7 Å². The van der Waals surface area contributed by atoms with Gasteiger partial charge < -0.3 is 0 Å². The summed E-state index contributed by atoms with van der Waals surface area (Å²) in [4.78, 5) is 24.8. The predicted octanol–water partition coefficient (Wildman–Crippen LogP) is 2.22. The zero-order chi connectivity index (χ0) is 13.1. The van der Waals surface area contributed by atoms with Crippen molar-refractivity contribution in [2.75, 3.05) is 0 Å². The molecule has 18 heavy (non-hydrogen) atoms. The lowest BCUT2D eigenvalue weighted by atomic mass is 10.1. The first-order valence-electron chi connectivity index (χ1n) is 5.82. The van der Waals surface area contributed by atoms with E-state index in [2.05, 4.69) is 15.0 Å². The molecule has 0 unspecified atom stereocenters. The molecule has 0 fully saturated rings. The van der Waals surface area contributed by atoms with Crippen LogP contribution in [0.1, 0.15) is 33.1 Å². The lowest BCUT2D eigenvalue weighted by molar-refractivity contribution is 0.0991. The molecule has 2 aromatic rings. The van der Waals surface area contributed by atoms with Gasteiger partial charge in [0.1, 0.15) is 0 Å². The fraction of sp³-hybridized carbons (Fsp3) is 0.286. The van der Waals surface area contributed by atoms with Gasteiger partial charge in [-0.3, -0.25) is 19.7 Å².